The molecule has 8 heteroatoms. The van der Waals surface area contributed by atoms with Crippen molar-refractivity contribution in [2.75, 3.05) is 21.3 Å². The molecule has 0 bridgehead atoms. The summed E-state index contributed by atoms with van der Waals surface area (Å²) in [4.78, 5) is 0.198. The number of anilines is 2. The Balaban J connectivity index is 1.75. The van der Waals surface area contributed by atoms with Crippen LogP contribution < -0.4 is 9.03 Å². The first-order valence-electron chi connectivity index (χ1n) is 8.54. The molecule has 0 spiro atoms. The highest BCUT2D eigenvalue weighted by Crippen LogP contribution is 2.26. The van der Waals surface area contributed by atoms with Gasteiger partial charge in [-0.3, -0.25) is 9.03 Å². The first-order valence-corrected chi connectivity index (χ1v) is 11.6. The fourth-order valence-electron chi connectivity index (χ4n) is 2.96. The molecule has 140 valence electrons. The highest BCUT2D eigenvalue weighted by atomic mass is 32.2. The Hall–Kier alpha value is -2.06. The van der Waals surface area contributed by atoms with Crippen LogP contribution >= 0.6 is 0 Å². The number of rotatable bonds is 6. The summed E-state index contributed by atoms with van der Waals surface area (Å²) >= 11 is 0. The molecule has 1 N–H and O–H groups in total. The molecule has 1 saturated heterocycles. The van der Waals surface area contributed by atoms with E-state index in [0.717, 1.165) is 18.4 Å². The van der Waals surface area contributed by atoms with E-state index >= 15 is 0 Å². The van der Waals surface area contributed by atoms with Crippen molar-refractivity contribution in [1.82, 2.24) is 0 Å². The smallest absolute Gasteiger partial charge is 0.261 e. The average Bonchev–Trinajstić information content (AvgIpc) is 2.95. The molecular formula is C18H22N2O4S2. The summed E-state index contributed by atoms with van der Waals surface area (Å²) < 4.78 is 52.8. The van der Waals surface area contributed by atoms with Crippen molar-refractivity contribution in [3.8, 4) is 0 Å². The number of nitrogens with one attached hydrogen (secondary N) is 1. The van der Waals surface area contributed by atoms with E-state index in [4.69, 9.17) is 0 Å². The fraction of sp³-hybridized carbons (Fsp3) is 0.333. The lowest BCUT2D eigenvalue weighted by Crippen LogP contribution is -2.25. The lowest BCUT2D eigenvalue weighted by molar-refractivity contribution is 0.598. The summed E-state index contributed by atoms with van der Waals surface area (Å²) in [5.74, 6) is 0.148. The van der Waals surface area contributed by atoms with Crippen LogP contribution in [0.2, 0.25) is 0 Å². The van der Waals surface area contributed by atoms with Crippen molar-refractivity contribution >= 4 is 31.4 Å². The molecule has 0 aliphatic carbocycles. The molecule has 0 aromatic heterocycles. The molecule has 0 saturated carbocycles. The van der Waals surface area contributed by atoms with Crippen LogP contribution in [0, 0.1) is 0 Å². The largest absolute Gasteiger partial charge is 0.280 e. The van der Waals surface area contributed by atoms with E-state index < -0.39 is 20.0 Å². The van der Waals surface area contributed by atoms with Crippen molar-refractivity contribution < 1.29 is 16.8 Å². The topological polar surface area (TPSA) is 83.6 Å². The van der Waals surface area contributed by atoms with Crippen LogP contribution in [0.5, 0.6) is 0 Å². The molecule has 0 unspecified atom stereocenters. The van der Waals surface area contributed by atoms with Crippen LogP contribution in [0.25, 0.3) is 0 Å². The van der Waals surface area contributed by atoms with E-state index in [9.17, 15) is 16.8 Å². The Labute approximate surface area is 155 Å². The lowest BCUT2D eigenvalue weighted by atomic mass is 10.1. The summed E-state index contributed by atoms with van der Waals surface area (Å²) in [6, 6.07) is 13.2. The average molecular weight is 395 g/mol. The Morgan fingerprint density at radius 2 is 1.69 bits per heavy atom. The summed E-state index contributed by atoms with van der Waals surface area (Å²) in [7, 11) is -6.93. The molecular weight excluding hydrogens is 372 g/mol. The van der Waals surface area contributed by atoms with Gasteiger partial charge in [-0.25, -0.2) is 16.8 Å². The lowest BCUT2D eigenvalue weighted by Gasteiger charge is -2.17. The van der Waals surface area contributed by atoms with Crippen molar-refractivity contribution in [3.05, 3.63) is 54.1 Å². The number of hydrogen-bond donors (Lipinski definition) is 1. The Morgan fingerprint density at radius 1 is 1.04 bits per heavy atom. The molecule has 2 aromatic rings. The normalized spacial score (nSPS) is 16.6. The van der Waals surface area contributed by atoms with E-state index in [-0.39, 0.29) is 10.6 Å². The van der Waals surface area contributed by atoms with Crippen LogP contribution in [0.4, 0.5) is 11.4 Å². The standard InChI is InChI=1S/C18H22N2O4S2/c1-2-4-15-5-11-18(12-6-15)26(23,24)19-16-7-9-17(10-8-16)20-13-3-14-25(20,21)22/h5-12,19H,2-4,13-14H2,1H3. The van der Waals surface area contributed by atoms with Crippen molar-refractivity contribution in [3.63, 3.8) is 0 Å². The monoisotopic (exact) mass is 394 g/mol. The third kappa shape index (κ3) is 4.02. The fourth-order valence-corrected chi connectivity index (χ4v) is 5.59. The molecule has 0 amide bonds. The maximum atomic E-state index is 12.5. The maximum Gasteiger partial charge on any atom is 0.261 e. The van der Waals surface area contributed by atoms with E-state index in [2.05, 4.69) is 11.6 Å². The number of aryl methyl sites for hydroxylation is 1. The summed E-state index contributed by atoms with van der Waals surface area (Å²) in [5.41, 5.74) is 2.04. The Morgan fingerprint density at radius 3 is 2.23 bits per heavy atom. The maximum absolute atomic E-state index is 12.5. The zero-order chi connectivity index (χ0) is 18.8. The van der Waals surface area contributed by atoms with E-state index in [1.54, 1.807) is 36.4 Å². The van der Waals surface area contributed by atoms with Crippen LogP contribution in [-0.4, -0.2) is 29.1 Å². The molecule has 26 heavy (non-hydrogen) atoms. The number of benzene rings is 2. The summed E-state index contributed by atoms with van der Waals surface area (Å²) in [6.45, 7) is 2.53. The second kappa shape index (κ2) is 7.28. The predicted molar refractivity (Wildman–Crippen MR) is 103 cm³/mol. The predicted octanol–water partition coefficient (Wildman–Crippen LogP) is 2.98. The van der Waals surface area contributed by atoms with Gasteiger partial charge < -0.3 is 0 Å². The highest BCUT2D eigenvalue weighted by Gasteiger charge is 2.28. The number of sulfonamides is 2. The Kier molecular flexibility index (Phi) is 5.24. The van der Waals surface area contributed by atoms with Crippen molar-refractivity contribution in [1.29, 1.82) is 0 Å². The number of nitrogens with zero attached hydrogens (tertiary/aromatic N) is 1. The zero-order valence-corrected chi connectivity index (χ0v) is 16.2. The molecule has 1 aliphatic rings. The number of hydrogen-bond acceptors (Lipinski definition) is 4. The van der Waals surface area contributed by atoms with Gasteiger partial charge in [-0.15, -0.1) is 0 Å². The van der Waals surface area contributed by atoms with Crippen LogP contribution in [0.1, 0.15) is 25.3 Å². The van der Waals surface area contributed by atoms with Gasteiger partial charge in [-0.1, -0.05) is 25.5 Å². The van der Waals surface area contributed by atoms with Gasteiger partial charge in [-0.05, 0) is 54.8 Å². The van der Waals surface area contributed by atoms with Gasteiger partial charge in [0.15, 0.2) is 0 Å². The van der Waals surface area contributed by atoms with Gasteiger partial charge in [-0.2, -0.15) is 0 Å². The third-order valence-corrected chi connectivity index (χ3v) is 7.55. The molecule has 0 radical (unpaired) electrons. The second-order valence-corrected chi connectivity index (χ2v) is 9.98. The van der Waals surface area contributed by atoms with Gasteiger partial charge in [0, 0.05) is 12.2 Å². The van der Waals surface area contributed by atoms with Gasteiger partial charge in [0.2, 0.25) is 10.0 Å². The quantitative estimate of drug-likeness (QED) is 0.816. The Bertz CT molecular complexity index is 967. The molecule has 6 nitrogen and oxygen atoms in total. The van der Waals surface area contributed by atoms with Crippen LogP contribution in [-0.2, 0) is 26.5 Å². The SMILES string of the molecule is CCCc1ccc(S(=O)(=O)Nc2ccc(N3CCCS3(=O)=O)cc2)cc1. The molecule has 3 rings (SSSR count). The van der Waals surface area contributed by atoms with Gasteiger partial charge in [0.1, 0.15) is 0 Å². The molecule has 2 aromatic carbocycles. The van der Waals surface area contributed by atoms with Gasteiger partial charge in [0.05, 0.1) is 16.3 Å². The molecule has 1 aliphatic heterocycles. The second-order valence-electron chi connectivity index (χ2n) is 6.29. The first kappa shape index (κ1) is 18.7. The van der Waals surface area contributed by atoms with E-state index in [1.165, 1.54) is 4.31 Å². The highest BCUT2D eigenvalue weighted by molar-refractivity contribution is 7.93. The minimum atomic E-state index is -3.68. The zero-order valence-electron chi connectivity index (χ0n) is 14.6. The van der Waals surface area contributed by atoms with E-state index in [0.29, 0.717) is 24.3 Å². The van der Waals surface area contributed by atoms with Crippen LogP contribution in [0.15, 0.2) is 53.4 Å². The van der Waals surface area contributed by atoms with Crippen LogP contribution in [0.3, 0.4) is 0 Å². The van der Waals surface area contributed by atoms with Gasteiger partial charge in [0.25, 0.3) is 10.0 Å². The van der Waals surface area contributed by atoms with Crippen molar-refractivity contribution in [2.45, 2.75) is 31.1 Å². The van der Waals surface area contributed by atoms with Crippen molar-refractivity contribution in [2.24, 2.45) is 0 Å². The summed E-state index contributed by atoms with van der Waals surface area (Å²) in [5, 5.41) is 0. The summed E-state index contributed by atoms with van der Waals surface area (Å²) in [6.07, 6.45) is 2.52. The molecule has 1 fully saturated rings. The minimum absolute atomic E-state index is 0.148. The van der Waals surface area contributed by atoms with E-state index in [1.807, 2.05) is 12.1 Å². The molecule has 1 heterocycles. The minimum Gasteiger partial charge on any atom is -0.280 e. The van der Waals surface area contributed by atoms with Gasteiger partial charge >= 0.3 is 0 Å². The first-order chi connectivity index (χ1) is 12.3. The molecule has 0 atom stereocenters. The third-order valence-electron chi connectivity index (χ3n) is 4.28.